The molecule has 6 nitrogen and oxygen atoms in total. The Hall–Kier alpha value is -2.28. The van der Waals surface area contributed by atoms with E-state index in [1.807, 2.05) is 12.1 Å². The minimum atomic E-state index is -1.01. The second-order valence-electron chi connectivity index (χ2n) is 6.75. The first kappa shape index (κ1) is 18.1. The summed E-state index contributed by atoms with van der Waals surface area (Å²) < 4.78 is 1.67. The molecule has 0 saturated carbocycles. The van der Waals surface area contributed by atoms with Crippen LogP contribution in [0.3, 0.4) is 0 Å². The first-order chi connectivity index (χ1) is 12.9. The van der Waals surface area contributed by atoms with Crippen molar-refractivity contribution in [3.05, 3.63) is 68.1 Å². The van der Waals surface area contributed by atoms with Crippen LogP contribution in [0.2, 0.25) is 10.0 Å². The number of aromatic nitrogens is 2. The molecule has 2 aromatic carbocycles. The summed E-state index contributed by atoms with van der Waals surface area (Å²) in [7, 11) is 0. The predicted molar refractivity (Wildman–Crippen MR) is 105 cm³/mol. The Kier molecular flexibility index (Phi) is 4.72. The van der Waals surface area contributed by atoms with Gasteiger partial charge in [0.05, 0.1) is 22.6 Å². The fraction of sp³-hybridized carbons (Fsp3) is 0.263. The minimum Gasteiger partial charge on any atom is -0.478 e. The lowest BCUT2D eigenvalue weighted by molar-refractivity contribution is 0.0697. The third kappa shape index (κ3) is 3.48. The van der Waals surface area contributed by atoms with Crippen LogP contribution in [0.1, 0.15) is 28.4 Å². The molecular weight excluding hydrogens is 389 g/mol. The number of hydrogen-bond donors (Lipinski definition) is 2. The van der Waals surface area contributed by atoms with Crippen molar-refractivity contribution in [3.63, 3.8) is 0 Å². The number of rotatable bonds is 4. The van der Waals surface area contributed by atoms with Gasteiger partial charge in [0.25, 0.3) is 0 Å². The summed E-state index contributed by atoms with van der Waals surface area (Å²) in [4.78, 5) is 28.8. The van der Waals surface area contributed by atoms with Crippen molar-refractivity contribution >= 4 is 40.2 Å². The quantitative estimate of drug-likeness (QED) is 0.691. The molecule has 27 heavy (non-hydrogen) atoms. The largest absolute Gasteiger partial charge is 0.478 e. The number of hydrogen-bond acceptors (Lipinski definition) is 3. The van der Waals surface area contributed by atoms with E-state index in [-0.39, 0.29) is 17.3 Å². The van der Waals surface area contributed by atoms with Crippen LogP contribution < -0.4 is 5.69 Å². The molecule has 1 aromatic heterocycles. The molecule has 1 saturated heterocycles. The molecule has 1 atom stereocenters. The molecule has 0 bridgehead atoms. The lowest BCUT2D eigenvalue weighted by Gasteiger charge is -2.17. The molecular formula is C19H17Cl2N3O3. The summed E-state index contributed by atoms with van der Waals surface area (Å²) >= 11 is 12.2. The Morgan fingerprint density at radius 2 is 2.04 bits per heavy atom. The number of likely N-dealkylation sites (tertiary alicyclic amines) is 1. The number of H-pyrrole nitrogens is 1. The zero-order valence-electron chi connectivity index (χ0n) is 14.3. The zero-order valence-corrected chi connectivity index (χ0v) is 15.8. The van der Waals surface area contributed by atoms with Crippen molar-refractivity contribution < 1.29 is 9.90 Å². The Bertz CT molecular complexity index is 1090. The van der Waals surface area contributed by atoms with Gasteiger partial charge in [-0.25, -0.2) is 9.59 Å². The lowest BCUT2D eigenvalue weighted by atomic mass is 10.2. The fourth-order valence-electron chi connectivity index (χ4n) is 3.67. The Balaban J connectivity index is 1.60. The van der Waals surface area contributed by atoms with Crippen molar-refractivity contribution in [2.75, 3.05) is 13.1 Å². The highest BCUT2D eigenvalue weighted by molar-refractivity contribution is 6.35. The summed E-state index contributed by atoms with van der Waals surface area (Å²) in [5.74, 6) is -1.01. The molecule has 1 fully saturated rings. The van der Waals surface area contributed by atoms with Gasteiger partial charge >= 0.3 is 11.7 Å². The highest BCUT2D eigenvalue weighted by Crippen LogP contribution is 2.28. The Morgan fingerprint density at radius 3 is 2.78 bits per heavy atom. The average Bonchev–Trinajstić information content (AvgIpc) is 3.19. The van der Waals surface area contributed by atoms with Crippen molar-refractivity contribution in [2.24, 2.45) is 0 Å². The van der Waals surface area contributed by atoms with E-state index in [9.17, 15) is 14.7 Å². The molecule has 8 heteroatoms. The van der Waals surface area contributed by atoms with E-state index in [4.69, 9.17) is 23.2 Å². The third-order valence-corrected chi connectivity index (χ3v) is 5.57. The van der Waals surface area contributed by atoms with Gasteiger partial charge in [-0.05, 0) is 42.3 Å². The molecule has 0 spiro atoms. The summed E-state index contributed by atoms with van der Waals surface area (Å²) in [5.41, 5.74) is 2.20. The number of carboxylic acids is 1. The zero-order chi connectivity index (χ0) is 19.1. The molecule has 1 aliphatic heterocycles. The summed E-state index contributed by atoms with van der Waals surface area (Å²) in [5, 5.41) is 10.5. The lowest BCUT2D eigenvalue weighted by Crippen LogP contribution is -2.26. The molecule has 2 heterocycles. The van der Waals surface area contributed by atoms with Gasteiger partial charge in [0.2, 0.25) is 0 Å². The number of carboxylic acid groups (broad SMARTS) is 1. The Morgan fingerprint density at radius 1 is 1.22 bits per heavy atom. The topological polar surface area (TPSA) is 78.3 Å². The van der Waals surface area contributed by atoms with Crippen LogP contribution in [0.15, 0.2) is 41.2 Å². The van der Waals surface area contributed by atoms with Crippen molar-refractivity contribution in [2.45, 2.75) is 19.0 Å². The number of benzene rings is 2. The molecule has 140 valence electrons. The van der Waals surface area contributed by atoms with E-state index in [1.165, 1.54) is 6.07 Å². The van der Waals surface area contributed by atoms with Crippen LogP contribution in [0, 0.1) is 0 Å². The molecule has 3 aromatic rings. The van der Waals surface area contributed by atoms with Crippen LogP contribution in [-0.4, -0.2) is 38.6 Å². The highest BCUT2D eigenvalue weighted by Gasteiger charge is 2.27. The van der Waals surface area contributed by atoms with Gasteiger partial charge in [-0.15, -0.1) is 0 Å². The number of halogens is 2. The number of nitrogens with zero attached hydrogens (tertiary/aromatic N) is 2. The molecule has 1 aliphatic rings. The normalized spacial score (nSPS) is 17.6. The van der Waals surface area contributed by atoms with Gasteiger partial charge in [-0.2, -0.15) is 0 Å². The van der Waals surface area contributed by atoms with E-state index >= 15 is 0 Å². The summed E-state index contributed by atoms with van der Waals surface area (Å²) in [6.45, 7) is 2.18. The van der Waals surface area contributed by atoms with Crippen LogP contribution in [-0.2, 0) is 6.54 Å². The van der Waals surface area contributed by atoms with Crippen LogP contribution in [0.25, 0.3) is 11.0 Å². The van der Waals surface area contributed by atoms with Crippen LogP contribution in [0.5, 0.6) is 0 Å². The molecule has 0 unspecified atom stereocenters. The standard InChI is InChI=1S/C19H17Cl2N3O3/c20-13-3-1-12(15(21)8-13)9-23-6-5-14(10-23)24-17-7-11(18(25)26)2-4-16(17)22-19(24)27/h1-4,7-8,14H,5-6,9-10H2,(H,22,27)(H,25,26)/t14-/m0/s1. The van der Waals surface area contributed by atoms with E-state index < -0.39 is 5.97 Å². The van der Waals surface area contributed by atoms with Gasteiger partial charge in [-0.1, -0.05) is 29.3 Å². The second kappa shape index (κ2) is 7.03. The van der Waals surface area contributed by atoms with Gasteiger partial charge in [0, 0.05) is 29.7 Å². The number of aromatic amines is 1. The monoisotopic (exact) mass is 405 g/mol. The van der Waals surface area contributed by atoms with Crippen molar-refractivity contribution in [3.8, 4) is 0 Å². The number of fused-ring (bicyclic) bond motifs is 1. The number of carbonyl (C=O) groups is 1. The average molecular weight is 406 g/mol. The van der Waals surface area contributed by atoms with E-state index in [1.54, 1.807) is 22.8 Å². The maximum absolute atomic E-state index is 12.5. The molecule has 0 amide bonds. The Labute approximate surface area is 164 Å². The first-order valence-corrected chi connectivity index (χ1v) is 9.32. The van der Waals surface area contributed by atoms with Gasteiger partial charge in [0.15, 0.2) is 0 Å². The summed E-state index contributed by atoms with van der Waals surface area (Å²) in [6.07, 6.45) is 0.801. The van der Waals surface area contributed by atoms with Gasteiger partial charge < -0.3 is 10.1 Å². The predicted octanol–water partition coefficient (Wildman–Crippen LogP) is 3.78. The first-order valence-electron chi connectivity index (χ1n) is 8.56. The number of imidazole rings is 1. The highest BCUT2D eigenvalue weighted by atomic mass is 35.5. The minimum absolute atomic E-state index is 0.0265. The number of nitrogens with one attached hydrogen (secondary N) is 1. The molecule has 2 N–H and O–H groups in total. The maximum atomic E-state index is 12.5. The van der Waals surface area contributed by atoms with Crippen molar-refractivity contribution in [1.82, 2.24) is 14.5 Å². The molecule has 4 rings (SSSR count). The molecule has 0 aliphatic carbocycles. The number of aromatic carboxylic acids is 1. The molecule has 0 radical (unpaired) electrons. The maximum Gasteiger partial charge on any atom is 0.335 e. The van der Waals surface area contributed by atoms with E-state index in [2.05, 4.69) is 9.88 Å². The van der Waals surface area contributed by atoms with Crippen LogP contribution >= 0.6 is 23.2 Å². The van der Waals surface area contributed by atoms with Gasteiger partial charge in [-0.3, -0.25) is 9.47 Å². The van der Waals surface area contributed by atoms with E-state index in [0.717, 1.165) is 18.5 Å². The summed E-state index contributed by atoms with van der Waals surface area (Å²) in [6, 6.07) is 10.1. The SMILES string of the molecule is O=C(O)c1ccc2[nH]c(=O)n([C@H]3CCN(Cc4ccc(Cl)cc4Cl)C3)c2c1. The smallest absolute Gasteiger partial charge is 0.335 e. The fourth-order valence-corrected chi connectivity index (χ4v) is 4.14. The van der Waals surface area contributed by atoms with Crippen LogP contribution in [0.4, 0.5) is 0 Å². The van der Waals surface area contributed by atoms with E-state index in [0.29, 0.717) is 34.2 Å². The second-order valence-corrected chi connectivity index (χ2v) is 7.59. The van der Waals surface area contributed by atoms with Crippen molar-refractivity contribution in [1.29, 1.82) is 0 Å². The third-order valence-electron chi connectivity index (χ3n) is 4.99. The van der Waals surface area contributed by atoms with Gasteiger partial charge in [0.1, 0.15) is 0 Å².